The highest BCUT2D eigenvalue weighted by Gasteiger charge is 2.50. The van der Waals surface area contributed by atoms with E-state index in [1.165, 1.54) is 0 Å². The molecule has 8 nitrogen and oxygen atoms in total. The number of nitrogens with two attached hydrogens (primary N) is 1. The Morgan fingerprint density at radius 2 is 2.07 bits per heavy atom. The molecule has 0 saturated carbocycles. The maximum Gasteiger partial charge on any atom is 0.312 e. The Balaban J connectivity index is 1.68. The van der Waals surface area contributed by atoms with Crippen LogP contribution in [0, 0.1) is 5.41 Å². The van der Waals surface area contributed by atoms with Crippen LogP contribution in [0.15, 0.2) is 18.2 Å². The molecule has 2 N–H and O–H groups in total. The summed E-state index contributed by atoms with van der Waals surface area (Å²) in [5, 5.41) is 0. The Kier molecular flexibility index (Phi) is 6.64. The van der Waals surface area contributed by atoms with Crippen molar-refractivity contribution in [2.75, 3.05) is 54.0 Å². The van der Waals surface area contributed by atoms with E-state index in [4.69, 9.17) is 19.9 Å². The molecule has 1 unspecified atom stereocenters. The minimum atomic E-state index is -0.462. The molecule has 3 rings (SSSR count). The maximum atomic E-state index is 13.1. The van der Waals surface area contributed by atoms with Crippen LogP contribution in [0.2, 0.25) is 0 Å². The number of rotatable bonds is 7. The van der Waals surface area contributed by atoms with E-state index < -0.39 is 5.41 Å². The minimum Gasteiger partial charge on any atom is -0.497 e. The first-order valence-electron chi connectivity index (χ1n) is 10.0. The van der Waals surface area contributed by atoms with Crippen LogP contribution in [-0.4, -0.2) is 81.8 Å². The zero-order valence-electron chi connectivity index (χ0n) is 17.5. The standard InChI is InChI=1S/C21H31N3O5/c1-23(2)14-16-13-21(20(26)29-16)6-9-24(10-7-21)19(25)17-5-4-15(27-3)12-18(17)28-11-8-22/h4-5,12,16H,6-11,13-14,22H2,1-3H3. The van der Waals surface area contributed by atoms with Gasteiger partial charge in [-0.1, -0.05) is 0 Å². The van der Waals surface area contributed by atoms with Gasteiger partial charge < -0.3 is 29.7 Å². The number of hydrogen-bond acceptors (Lipinski definition) is 7. The van der Waals surface area contributed by atoms with Gasteiger partial charge in [0.2, 0.25) is 0 Å². The van der Waals surface area contributed by atoms with Gasteiger partial charge in [-0.05, 0) is 39.1 Å². The van der Waals surface area contributed by atoms with Crippen LogP contribution in [0.25, 0.3) is 0 Å². The van der Waals surface area contributed by atoms with Gasteiger partial charge in [-0.15, -0.1) is 0 Å². The molecular weight excluding hydrogens is 374 g/mol. The normalized spacial score (nSPS) is 20.8. The second kappa shape index (κ2) is 9.00. The van der Waals surface area contributed by atoms with Crippen LogP contribution in [-0.2, 0) is 9.53 Å². The average Bonchev–Trinajstić information content (AvgIpc) is 2.99. The van der Waals surface area contributed by atoms with Gasteiger partial charge in [0.05, 0.1) is 18.1 Å². The van der Waals surface area contributed by atoms with Crippen LogP contribution in [0.1, 0.15) is 29.6 Å². The predicted molar refractivity (Wildman–Crippen MR) is 108 cm³/mol. The van der Waals surface area contributed by atoms with Crippen molar-refractivity contribution in [3.05, 3.63) is 23.8 Å². The van der Waals surface area contributed by atoms with Crippen LogP contribution in [0.5, 0.6) is 11.5 Å². The molecule has 1 amide bonds. The monoisotopic (exact) mass is 405 g/mol. The van der Waals surface area contributed by atoms with E-state index in [0.717, 1.165) is 13.0 Å². The molecule has 1 aromatic rings. The van der Waals surface area contributed by atoms with Crippen LogP contribution in [0.4, 0.5) is 0 Å². The predicted octanol–water partition coefficient (Wildman–Crippen LogP) is 1.13. The van der Waals surface area contributed by atoms with E-state index in [0.29, 0.717) is 56.1 Å². The summed E-state index contributed by atoms with van der Waals surface area (Å²) in [5.74, 6) is 0.858. The van der Waals surface area contributed by atoms with Crippen molar-refractivity contribution in [1.82, 2.24) is 9.80 Å². The maximum absolute atomic E-state index is 13.1. The molecule has 0 radical (unpaired) electrons. The Morgan fingerprint density at radius 1 is 1.34 bits per heavy atom. The number of piperidine rings is 1. The fourth-order valence-electron chi connectivity index (χ4n) is 4.16. The fourth-order valence-corrected chi connectivity index (χ4v) is 4.16. The number of amides is 1. The smallest absolute Gasteiger partial charge is 0.312 e. The van der Waals surface area contributed by atoms with Crippen molar-refractivity contribution in [2.24, 2.45) is 11.1 Å². The quantitative estimate of drug-likeness (QED) is 0.680. The van der Waals surface area contributed by atoms with E-state index in [1.807, 2.05) is 19.0 Å². The van der Waals surface area contributed by atoms with Crippen LogP contribution >= 0.6 is 0 Å². The highest BCUT2D eigenvalue weighted by molar-refractivity contribution is 5.97. The van der Waals surface area contributed by atoms with E-state index in [2.05, 4.69) is 0 Å². The van der Waals surface area contributed by atoms with Gasteiger partial charge in [0, 0.05) is 38.7 Å². The molecular formula is C21H31N3O5. The Labute approximate surface area is 171 Å². The summed E-state index contributed by atoms with van der Waals surface area (Å²) in [7, 11) is 5.51. The summed E-state index contributed by atoms with van der Waals surface area (Å²) in [6.07, 6.45) is 1.89. The number of benzene rings is 1. The molecule has 1 atom stereocenters. The molecule has 160 valence electrons. The fraction of sp³-hybridized carbons (Fsp3) is 0.619. The summed E-state index contributed by atoms with van der Waals surface area (Å²) in [5.41, 5.74) is 5.56. The molecule has 2 saturated heterocycles. The van der Waals surface area contributed by atoms with Gasteiger partial charge in [0.15, 0.2) is 0 Å². The van der Waals surface area contributed by atoms with Gasteiger partial charge in [-0.25, -0.2) is 0 Å². The van der Waals surface area contributed by atoms with Gasteiger partial charge in [0.25, 0.3) is 5.91 Å². The molecule has 0 aliphatic carbocycles. The van der Waals surface area contributed by atoms with Gasteiger partial charge >= 0.3 is 5.97 Å². The van der Waals surface area contributed by atoms with Gasteiger partial charge in [-0.2, -0.15) is 0 Å². The summed E-state index contributed by atoms with van der Waals surface area (Å²) >= 11 is 0. The molecule has 0 aromatic heterocycles. The first kappa shape index (κ1) is 21.4. The zero-order chi connectivity index (χ0) is 21.0. The summed E-state index contributed by atoms with van der Waals surface area (Å²) in [4.78, 5) is 29.5. The number of esters is 1. The van der Waals surface area contributed by atoms with Crippen molar-refractivity contribution in [3.63, 3.8) is 0 Å². The number of hydrogen-bond donors (Lipinski definition) is 1. The molecule has 1 aromatic carbocycles. The average molecular weight is 405 g/mol. The third-order valence-corrected chi connectivity index (χ3v) is 5.70. The second-order valence-corrected chi connectivity index (χ2v) is 8.07. The number of cyclic esters (lactones) is 1. The van der Waals surface area contributed by atoms with E-state index in [9.17, 15) is 9.59 Å². The number of methoxy groups -OCH3 is 1. The molecule has 2 heterocycles. The van der Waals surface area contributed by atoms with Crippen molar-refractivity contribution >= 4 is 11.9 Å². The lowest BCUT2D eigenvalue weighted by Gasteiger charge is -2.36. The number of carbonyl (C=O) groups is 2. The molecule has 8 heteroatoms. The van der Waals surface area contributed by atoms with Gasteiger partial charge in [0.1, 0.15) is 24.2 Å². The summed E-state index contributed by atoms with van der Waals surface area (Å²) in [6, 6.07) is 5.16. The third-order valence-electron chi connectivity index (χ3n) is 5.70. The van der Waals surface area contributed by atoms with Crippen molar-refractivity contribution in [1.29, 1.82) is 0 Å². The lowest BCUT2D eigenvalue weighted by Crippen LogP contribution is -2.45. The van der Waals surface area contributed by atoms with Gasteiger partial charge in [-0.3, -0.25) is 9.59 Å². The Morgan fingerprint density at radius 3 is 2.69 bits per heavy atom. The summed E-state index contributed by atoms with van der Waals surface area (Å²) in [6.45, 7) is 2.43. The largest absolute Gasteiger partial charge is 0.497 e. The molecule has 2 fully saturated rings. The van der Waals surface area contributed by atoms with Crippen LogP contribution in [0.3, 0.4) is 0 Å². The number of ether oxygens (including phenoxy) is 3. The minimum absolute atomic E-state index is 0.0717. The Bertz CT molecular complexity index is 744. The van der Waals surface area contributed by atoms with Crippen molar-refractivity contribution < 1.29 is 23.8 Å². The first-order valence-corrected chi connectivity index (χ1v) is 10.0. The molecule has 2 aliphatic rings. The van der Waals surface area contributed by atoms with Crippen LogP contribution < -0.4 is 15.2 Å². The number of likely N-dealkylation sites (N-methyl/N-ethyl adjacent to an activating group) is 1. The summed E-state index contributed by atoms with van der Waals surface area (Å²) < 4.78 is 16.5. The lowest BCUT2D eigenvalue weighted by atomic mass is 9.76. The molecule has 1 spiro atoms. The molecule has 2 aliphatic heterocycles. The van der Waals surface area contributed by atoms with Crippen molar-refractivity contribution in [2.45, 2.75) is 25.4 Å². The number of nitrogens with zero attached hydrogens (tertiary/aromatic N) is 2. The number of carbonyl (C=O) groups excluding carboxylic acids is 2. The van der Waals surface area contributed by atoms with E-state index >= 15 is 0 Å². The SMILES string of the molecule is COc1ccc(C(=O)N2CCC3(CC2)CC(CN(C)C)OC3=O)c(OCCN)c1. The van der Waals surface area contributed by atoms with E-state index in [-0.39, 0.29) is 18.0 Å². The second-order valence-electron chi connectivity index (χ2n) is 8.07. The highest BCUT2D eigenvalue weighted by atomic mass is 16.6. The Hall–Kier alpha value is -2.32. The van der Waals surface area contributed by atoms with Crippen molar-refractivity contribution in [3.8, 4) is 11.5 Å². The van der Waals surface area contributed by atoms with E-state index in [1.54, 1.807) is 30.2 Å². The lowest BCUT2D eigenvalue weighted by molar-refractivity contribution is -0.150. The highest BCUT2D eigenvalue weighted by Crippen LogP contribution is 2.43. The molecule has 0 bridgehead atoms. The molecule has 29 heavy (non-hydrogen) atoms. The zero-order valence-corrected chi connectivity index (χ0v) is 17.5. The topological polar surface area (TPSA) is 94.3 Å². The first-order chi connectivity index (χ1) is 13.9. The third kappa shape index (κ3) is 4.64. The number of likely N-dealkylation sites (tertiary alicyclic amines) is 1.